The van der Waals surface area contributed by atoms with Gasteiger partial charge in [-0.05, 0) is 19.9 Å². The molecule has 0 bridgehead atoms. The van der Waals surface area contributed by atoms with Crippen molar-refractivity contribution in [1.82, 2.24) is 4.90 Å². The molecule has 1 rings (SSSR count). The Morgan fingerprint density at radius 3 is 2.36 bits per heavy atom. The lowest BCUT2D eigenvalue weighted by Crippen LogP contribution is -2.37. The monoisotopic (exact) mass is 219 g/mol. The Hall–Kier alpha value is 0.210. The summed E-state index contributed by atoms with van der Waals surface area (Å²) in [5.74, 6) is 0.344. The van der Waals surface area contributed by atoms with Crippen LogP contribution in [-0.2, 0) is 0 Å². The summed E-state index contributed by atoms with van der Waals surface area (Å²) in [4.78, 5) is 2.28. The summed E-state index contributed by atoms with van der Waals surface area (Å²) in [5, 5.41) is 9.46. The fourth-order valence-corrected chi connectivity index (χ4v) is 2.33. The Morgan fingerprint density at radius 1 is 1.29 bits per heavy atom. The molecule has 0 aromatic heterocycles. The first-order valence-electron chi connectivity index (χ1n) is 5.68. The Balaban J connectivity index is 2.30. The van der Waals surface area contributed by atoms with Crippen LogP contribution in [0.1, 0.15) is 38.5 Å². The second kappa shape index (κ2) is 6.65. The molecule has 0 aromatic rings. The number of aliphatic hydroxyl groups excluding tert-OH is 1. The maximum atomic E-state index is 9.46. The van der Waals surface area contributed by atoms with Crippen LogP contribution in [0, 0.1) is 0 Å². The van der Waals surface area contributed by atoms with Gasteiger partial charge in [0.2, 0.25) is 0 Å². The van der Waals surface area contributed by atoms with Crippen molar-refractivity contribution >= 4 is 11.6 Å². The number of halogens is 1. The van der Waals surface area contributed by atoms with E-state index >= 15 is 0 Å². The van der Waals surface area contributed by atoms with Crippen molar-refractivity contribution < 1.29 is 5.11 Å². The first-order valence-corrected chi connectivity index (χ1v) is 6.21. The molecular weight excluding hydrogens is 198 g/mol. The van der Waals surface area contributed by atoms with Crippen molar-refractivity contribution in [2.75, 3.05) is 19.5 Å². The molecule has 2 nitrogen and oxygen atoms in total. The summed E-state index contributed by atoms with van der Waals surface area (Å²) < 4.78 is 0. The third-order valence-electron chi connectivity index (χ3n) is 3.12. The summed E-state index contributed by atoms with van der Waals surface area (Å²) in [6.07, 6.45) is 7.63. The lowest BCUT2D eigenvalue weighted by atomic mass is 10.1. The summed E-state index contributed by atoms with van der Waals surface area (Å²) >= 11 is 5.59. The van der Waals surface area contributed by atoms with E-state index in [9.17, 15) is 5.11 Å². The van der Waals surface area contributed by atoms with Crippen molar-refractivity contribution in [2.24, 2.45) is 0 Å². The molecule has 14 heavy (non-hydrogen) atoms. The van der Waals surface area contributed by atoms with Gasteiger partial charge in [-0.25, -0.2) is 0 Å². The smallest absolute Gasteiger partial charge is 0.0802 e. The standard InChI is InChI=1S/C11H22ClNO/c1-13(9-11(14)8-12)10-6-4-2-3-5-7-10/h10-11,14H,2-9H2,1H3. The normalized spacial score (nSPS) is 22.3. The van der Waals surface area contributed by atoms with Gasteiger partial charge in [0.15, 0.2) is 0 Å². The minimum atomic E-state index is -0.370. The predicted molar refractivity (Wildman–Crippen MR) is 60.8 cm³/mol. The van der Waals surface area contributed by atoms with Crippen LogP contribution in [0.2, 0.25) is 0 Å². The molecule has 0 amide bonds. The molecule has 1 fully saturated rings. The van der Waals surface area contributed by atoms with Gasteiger partial charge in [0.05, 0.1) is 6.10 Å². The quantitative estimate of drug-likeness (QED) is 0.579. The summed E-state index contributed by atoms with van der Waals surface area (Å²) in [6.45, 7) is 0.716. The van der Waals surface area contributed by atoms with Crippen molar-refractivity contribution in [1.29, 1.82) is 0 Å². The molecule has 0 spiro atoms. The summed E-state index contributed by atoms with van der Waals surface area (Å²) in [7, 11) is 2.10. The fourth-order valence-electron chi connectivity index (χ4n) is 2.23. The number of hydrogen-bond donors (Lipinski definition) is 1. The molecule has 0 saturated heterocycles. The van der Waals surface area contributed by atoms with Crippen molar-refractivity contribution in [3.05, 3.63) is 0 Å². The maximum Gasteiger partial charge on any atom is 0.0802 e. The molecule has 0 aliphatic heterocycles. The minimum absolute atomic E-state index is 0.344. The zero-order valence-corrected chi connectivity index (χ0v) is 9.84. The number of likely N-dealkylation sites (N-methyl/N-ethyl adjacent to an activating group) is 1. The molecule has 0 radical (unpaired) electrons. The number of alkyl halides is 1. The number of aliphatic hydroxyl groups is 1. The lowest BCUT2D eigenvalue weighted by molar-refractivity contribution is 0.113. The van der Waals surface area contributed by atoms with Crippen LogP contribution in [0.15, 0.2) is 0 Å². The van der Waals surface area contributed by atoms with Crippen molar-refractivity contribution in [3.8, 4) is 0 Å². The Bertz CT molecular complexity index is 146. The molecule has 1 unspecified atom stereocenters. The first-order chi connectivity index (χ1) is 6.74. The summed E-state index contributed by atoms with van der Waals surface area (Å²) in [6, 6.07) is 0.662. The van der Waals surface area contributed by atoms with E-state index in [-0.39, 0.29) is 6.10 Å². The molecule has 1 atom stereocenters. The Morgan fingerprint density at radius 2 is 1.86 bits per heavy atom. The third kappa shape index (κ3) is 4.16. The number of nitrogens with zero attached hydrogens (tertiary/aromatic N) is 1. The van der Waals surface area contributed by atoms with Gasteiger partial charge in [-0.15, -0.1) is 11.6 Å². The van der Waals surface area contributed by atoms with Gasteiger partial charge < -0.3 is 10.0 Å². The minimum Gasteiger partial charge on any atom is -0.391 e. The van der Waals surface area contributed by atoms with E-state index in [1.165, 1.54) is 38.5 Å². The van der Waals surface area contributed by atoms with E-state index in [1.807, 2.05) is 0 Å². The highest BCUT2D eigenvalue weighted by Crippen LogP contribution is 2.21. The average Bonchev–Trinajstić information content (AvgIpc) is 2.45. The van der Waals surface area contributed by atoms with E-state index < -0.39 is 0 Å². The molecule has 3 heteroatoms. The van der Waals surface area contributed by atoms with Gasteiger partial charge in [0.1, 0.15) is 0 Å². The highest BCUT2D eigenvalue weighted by Gasteiger charge is 2.18. The second-order valence-corrected chi connectivity index (χ2v) is 4.70. The van der Waals surface area contributed by atoms with Crippen LogP contribution in [0.5, 0.6) is 0 Å². The van der Waals surface area contributed by atoms with Crippen LogP contribution < -0.4 is 0 Å². The largest absolute Gasteiger partial charge is 0.391 e. The van der Waals surface area contributed by atoms with Crippen LogP contribution in [0.4, 0.5) is 0 Å². The van der Waals surface area contributed by atoms with Crippen LogP contribution >= 0.6 is 11.6 Å². The zero-order chi connectivity index (χ0) is 10.4. The SMILES string of the molecule is CN(CC(O)CCl)C1CCCCCC1. The first kappa shape index (κ1) is 12.3. The van der Waals surface area contributed by atoms with Gasteiger partial charge in [-0.3, -0.25) is 0 Å². The van der Waals surface area contributed by atoms with E-state index in [0.717, 1.165) is 0 Å². The van der Waals surface area contributed by atoms with Crippen LogP contribution in [0.3, 0.4) is 0 Å². The highest BCUT2D eigenvalue weighted by molar-refractivity contribution is 6.18. The van der Waals surface area contributed by atoms with Crippen LogP contribution in [0.25, 0.3) is 0 Å². The van der Waals surface area contributed by atoms with E-state index in [2.05, 4.69) is 11.9 Å². The molecule has 84 valence electrons. The fraction of sp³-hybridized carbons (Fsp3) is 1.00. The van der Waals surface area contributed by atoms with Crippen molar-refractivity contribution in [3.63, 3.8) is 0 Å². The van der Waals surface area contributed by atoms with E-state index in [4.69, 9.17) is 11.6 Å². The zero-order valence-electron chi connectivity index (χ0n) is 9.08. The lowest BCUT2D eigenvalue weighted by Gasteiger charge is -2.28. The molecular formula is C11H22ClNO. The maximum absolute atomic E-state index is 9.46. The molecule has 1 aliphatic carbocycles. The molecule has 1 saturated carbocycles. The second-order valence-electron chi connectivity index (χ2n) is 4.39. The highest BCUT2D eigenvalue weighted by atomic mass is 35.5. The number of rotatable bonds is 4. The molecule has 0 aromatic carbocycles. The predicted octanol–water partition coefficient (Wildman–Crippen LogP) is 2.24. The van der Waals surface area contributed by atoms with Gasteiger partial charge >= 0.3 is 0 Å². The molecule has 1 N–H and O–H groups in total. The van der Waals surface area contributed by atoms with Crippen molar-refractivity contribution in [2.45, 2.75) is 50.7 Å². The van der Waals surface area contributed by atoms with Gasteiger partial charge in [0.25, 0.3) is 0 Å². The average molecular weight is 220 g/mol. The number of hydrogen-bond acceptors (Lipinski definition) is 2. The van der Waals surface area contributed by atoms with Gasteiger partial charge in [-0.2, -0.15) is 0 Å². The summed E-state index contributed by atoms with van der Waals surface area (Å²) in [5.41, 5.74) is 0. The molecule has 1 aliphatic rings. The van der Waals surface area contributed by atoms with Gasteiger partial charge in [0, 0.05) is 18.5 Å². The Kier molecular flexibility index (Phi) is 5.83. The Labute approximate surface area is 92.2 Å². The third-order valence-corrected chi connectivity index (χ3v) is 3.48. The van der Waals surface area contributed by atoms with E-state index in [0.29, 0.717) is 18.5 Å². The van der Waals surface area contributed by atoms with E-state index in [1.54, 1.807) is 0 Å². The molecule has 0 heterocycles. The topological polar surface area (TPSA) is 23.5 Å². The van der Waals surface area contributed by atoms with Gasteiger partial charge in [-0.1, -0.05) is 25.7 Å². The van der Waals surface area contributed by atoms with Crippen LogP contribution in [-0.4, -0.2) is 41.6 Å².